The molecule has 1 amide bonds. The van der Waals surface area contributed by atoms with Crippen molar-refractivity contribution in [2.75, 3.05) is 18.0 Å². The summed E-state index contributed by atoms with van der Waals surface area (Å²) in [6.07, 6.45) is 3.87. The fourth-order valence-electron chi connectivity index (χ4n) is 1.63. The highest BCUT2D eigenvalue weighted by atomic mass is 32.2. The van der Waals surface area contributed by atoms with Crippen LogP contribution in [0.25, 0.3) is 0 Å². The molecule has 0 bridgehead atoms. The van der Waals surface area contributed by atoms with E-state index in [-0.39, 0.29) is 18.2 Å². The number of nitrogen functional groups attached to an aromatic ring is 1. The van der Waals surface area contributed by atoms with Gasteiger partial charge in [-0.2, -0.15) is 0 Å². The summed E-state index contributed by atoms with van der Waals surface area (Å²) in [5.74, 6) is 1.04. The minimum absolute atomic E-state index is 0.0758. The molecule has 6 N–H and O–H groups in total. The maximum atomic E-state index is 11.2. The molecular weight excluding hydrogens is 342 g/mol. The molecule has 7 nitrogen and oxygen atoms in total. The summed E-state index contributed by atoms with van der Waals surface area (Å²) in [5.41, 5.74) is 6.18. The molecule has 0 heterocycles. The van der Waals surface area contributed by atoms with Gasteiger partial charge in [-0.15, -0.1) is 0 Å². The number of amides is 1. The lowest BCUT2D eigenvalue weighted by molar-refractivity contribution is -0.123. The molecule has 0 radical (unpaired) electrons. The fourth-order valence-corrected chi connectivity index (χ4v) is 1.85. The summed E-state index contributed by atoms with van der Waals surface area (Å²) in [4.78, 5) is 30.2. The quantitative estimate of drug-likeness (QED) is 0.226. The van der Waals surface area contributed by atoms with E-state index in [2.05, 4.69) is 5.32 Å². The van der Waals surface area contributed by atoms with Gasteiger partial charge in [-0.05, 0) is 31.9 Å². The smallest absolute Gasteiger partial charge is 0.290 e. The first kappa shape index (κ1) is 25.2. The Bertz CT molecular complexity index is 458. The van der Waals surface area contributed by atoms with Crippen molar-refractivity contribution in [3.8, 4) is 0 Å². The normalized spacial score (nSPS) is 8.88. The summed E-state index contributed by atoms with van der Waals surface area (Å²) in [6, 6.07) is 9.49. The molecule has 0 aliphatic rings. The largest absolute Gasteiger partial charge is 0.483 e. The van der Waals surface area contributed by atoms with E-state index in [0.717, 1.165) is 30.7 Å². The first-order valence-corrected chi connectivity index (χ1v) is 8.99. The number of carbonyl (C=O) groups is 3. The molecule has 0 atom stereocenters. The SMILES string of the molecule is CC(=O)CCCCCC(=O)NCCSN.Nc1ccccc1.O=CO. The van der Waals surface area contributed by atoms with Crippen LogP contribution in [0.15, 0.2) is 30.3 Å². The van der Waals surface area contributed by atoms with Gasteiger partial charge in [-0.3, -0.25) is 14.7 Å². The Morgan fingerprint density at radius 1 is 1.16 bits per heavy atom. The Kier molecular flexibility index (Phi) is 20.1. The second-order valence-corrected chi connectivity index (χ2v) is 5.74. The number of hydrogen-bond donors (Lipinski definition) is 4. The zero-order valence-electron chi connectivity index (χ0n) is 14.6. The van der Waals surface area contributed by atoms with Crippen LogP contribution in [0.2, 0.25) is 0 Å². The third-order valence-corrected chi connectivity index (χ3v) is 3.21. The van der Waals surface area contributed by atoms with E-state index < -0.39 is 0 Å². The van der Waals surface area contributed by atoms with Crippen molar-refractivity contribution in [1.29, 1.82) is 0 Å². The van der Waals surface area contributed by atoms with Crippen LogP contribution < -0.4 is 16.2 Å². The molecule has 1 aromatic carbocycles. The number of ketones is 1. The summed E-state index contributed by atoms with van der Waals surface area (Å²) in [5, 5.41) is 14.9. The number of carboxylic acid groups (broad SMARTS) is 1. The molecule has 8 heteroatoms. The molecule has 142 valence electrons. The standard InChI is InChI=1S/C10H20N2O2S.C6H7N.CH2O2/c1-9(13)5-3-2-4-6-10(14)12-7-8-15-11;7-6-4-2-1-3-5-6;2-1-3/h2-8,11H2,1H3,(H,12,14);1-5H,7H2;1H,(H,2,3). The monoisotopic (exact) mass is 371 g/mol. The summed E-state index contributed by atoms with van der Waals surface area (Å²) < 4.78 is 0. The third kappa shape index (κ3) is 24.3. The Morgan fingerprint density at radius 3 is 2.16 bits per heavy atom. The van der Waals surface area contributed by atoms with Gasteiger partial charge in [0.05, 0.1) is 0 Å². The van der Waals surface area contributed by atoms with Crippen LogP contribution in [-0.4, -0.2) is 35.6 Å². The zero-order chi connectivity index (χ0) is 19.3. The van der Waals surface area contributed by atoms with E-state index >= 15 is 0 Å². The zero-order valence-corrected chi connectivity index (χ0v) is 15.5. The number of para-hydroxylation sites is 1. The Hall–Kier alpha value is -2.06. The van der Waals surface area contributed by atoms with Crippen LogP contribution in [0.5, 0.6) is 0 Å². The molecule has 0 saturated heterocycles. The van der Waals surface area contributed by atoms with E-state index in [1.807, 2.05) is 30.3 Å². The number of carbonyl (C=O) groups excluding carboxylic acids is 2. The number of unbranched alkanes of at least 4 members (excludes halogenated alkanes) is 2. The molecule has 25 heavy (non-hydrogen) atoms. The maximum Gasteiger partial charge on any atom is 0.290 e. The second kappa shape index (κ2) is 20.0. The maximum absolute atomic E-state index is 11.2. The topological polar surface area (TPSA) is 136 Å². The number of rotatable bonds is 9. The molecule has 1 aromatic rings. The molecule has 0 fully saturated rings. The van der Waals surface area contributed by atoms with Crippen molar-refractivity contribution in [1.82, 2.24) is 5.32 Å². The van der Waals surface area contributed by atoms with Gasteiger partial charge in [0, 0.05) is 30.8 Å². The lowest BCUT2D eigenvalue weighted by Gasteiger charge is -2.03. The summed E-state index contributed by atoms with van der Waals surface area (Å²) in [6.45, 7) is 1.98. The molecule has 1 rings (SSSR count). The van der Waals surface area contributed by atoms with Crippen LogP contribution in [0, 0.1) is 0 Å². The Balaban J connectivity index is 0. The molecule has 0 aliphatic heterocycles. The minimum Gasteiger partial charge on any atom is -0.483 e. The number of nitrogens with one attached hydrogen (secondary N) is 1. The minimum atomic E-state index is -0.250. The summed E-state index contributed by atoms with van der Waals surface area (Å²) >= 11 is 1.23. The molecule has 0 aliphatic carbocycles. The average molecular weight is 372 g/mol. The van der Waals surface area contributed by atoms with Gasteiger partial charge in [-0.25, -0.2) is 0 Å². The average Bonchev–Trinajstić information content (AvgIpc) is 2.56. The first-order chi connectivity index (χ1) is 12.0. The van der Waals surface area contributed by atoms with Crippen LogP contribution in [0.1, 0.15) is 39.0 Å². The lowest BCUT2D eigenvalue weighted by atomic mass is 10.1. The molecular formula is C17H29N3O4S. The lowest BCUT2D eigenvalue weighted by Crippen LogP contribution is -2.25. The van der Waals surface area contributed by atoms with Crippen molar-refractivity contribution < 1.29 is 19.5 Å². The van der Waals surface area contributed by atoms with Crippen LogP contribution in [0.3, 0.4) is 0 Å². The van der Waals surface area contributed by atoms with E-state index in [1.54, 1.807) is 6.92 Å². The summed E-state index contributed by atoms with van der Waals surface area (Å²) in [7, 11) is 0. The predicted octanol–water partition coefficient (Wildman–Crippen LogP) is 2.22. The molecule has 0 saturated carbocycles. The Morgan fingerprint density at radius 2 is 1.72 bits per heavy atom. The highest BCUT2D eigenvalue weighted by Gasteiger charge is 2.00. The van der Waals surface area contributed by atoms with Crippen molar-refractivity contribution in [3.05, 3.63) is 30.3 Å². The highest BCUT2D eigenvalue weighted by molar-refractivity contribution is 7.97. The van der Waals surface area contributed by atoms with Gasteiger partial charge in [0.2, 0.25) is 5.91 Å². The van der Waals surface area contributed by atoms with Crippen molar-refractivity contribution >= 4 is 35.8 Å². The number of Topliss-reactive ketones (excluding diaryl/α,β-unsaturated/α-hetero) is 1. The van der Waals surface area contributed by atoms with Gasteiger partial charge in [0.1, 0.15) is 5.78 Å². The van der Waals surface area contributed by atoms with E-state index in [9.17, 15) is 9.59 Å². The van der Waals surface area contributed by atoms with Gasteiger partial charge >= 0.3 is 0 Å². The second-order valence-electron chi connectivity index (χ2n) is 5.00. The van der Waals surface area contributed by atoms with Crippen LogP contribution in [0.4, 0.5) is 5.69 Å². The van der Waals surface area contributed by atoms with Crippen LogP contribution in [-0.2, 0) is 14.4 Å². The van der Waals surface area contributed by atoms with Gasteiger partial charge in [0.25, 0.3) is 6.47 Å². The predicted molar refractivity (Wildman–Crippen MR) is 103 cm³/mol. The molecule has 0 spiro atoms. The van der Waals surface area contributed by atoms with Crippen molar-refractivity contribution in [2.45, 2.75) is 39.0 Å². The van der Waals surface area contributed by atoms with Crippen molar-refractivity contribution in [3.63, 3.8) is 0 Å². The van der Waals surface area contributed by atoms with Crippen molar-refractivity contribution in [2.24, 2.45) is 5.14 Å². The van der Waals surface area contributed by atoms with E-state index in [0.29, 0.717) is 19.4 Å². The fraction of sp³-hybridized carbons (Fsp3) is 0.471. The highest BCUT2D eigenvalue weighted by Crippen LogP contribution is 2.03. The van der Waals surface area contributed by atoms with E-state index in [4.69, 9.17) is 20.8 Å². The number of anilines is 1. The molecule has 0 aromatic heterocycles. The number of nitrogens with two attached hydrogens (primary N) is 2. The van der Waals surface area contributed by atoms with Crippen LogP contribution >= 0.6 is 11.9 Å². The third-order valence-electron chi connectivity index (χ3n) is 2.77. The van der Waals surface area contributed by atoms with Gasteiger partial charge in [0.15, 0.2) is 0 Å². The number of benzene rings is 1. The van der Waals surface area contributed by atoms with Gasteiger partial charge < -0.3 is 21.0 Å². The Labute approximate surface area is 153 Å². The van der Waals surface area contributed by atoms with E-state index in [1.165, 1.54) is 11.9 Å². The van der Waals surface area contributed by atoms with Gasteiger partial charge in [-0.1, -0.05) is 36.6 Å². The first-order valence-electron chi connectivity index (χ1n) is 7.94. The molecule has 0 unspecified atom stereocenters. The number of hydrogen-bond acceptors (Lipinski definition) is 6.